The van der Waals surface area contributed by atoms with Gasteiger partial charge >= 0.3 is 5.97 Å². The number of carbonyl (C=O) groups excluding carboxylic acids is 1. The summed E-state index contributed by atoms with van der Waals surface area (Å²) in [5.74, 6) is -0.0244. The molecule has 1 heterocycles. The number of hydrogen-bond acceptors (Lipinski definition) is 4. The molecule has 0 amide bonds. The highest BCUT2D eigenvalue weighted by molar-refractivity contribution is 5.89. The lowest BCUT2D eigenvalue weighted by atomic mass is 10.3. The molecule has 74 valence electrons. The van der Waals surface area contributed by atoms with Gasteiger partial charge in [0.2, 0.25) is 5.88 Å². The molecule has 0 N–H and O–H groups in total. The first-order valence-corrected chi connectivity index (χ1v) is 4.06. The van der Waals surface area contributed by atoms with Crippen molar-refractivity contribution in [3.05, 3.63) is 36.5 Å². The maximum Gasteiger partial charge on any atom is 0.338 e. The summed E-state index contributed by atoms with van der Waals surface area (Å²) in [5.41, 5.74) is 0.418. The third-order valence-corrected chi connectivity index (χ3v) is 1.51. The smallest absolute Gasteiger partial charge is 0.338 e. The van der Waals surface area contributed by atoms with Crippen molar-refractivity contribution in [2.45, 2.75) is 0 Å². The van der Waals surface area contributed by atoms with Gasteiger partial charge in [-0.2, -0.15) is 0 Å². The van der Waals surface area contributed by atoms with E-state index < -0.39 is 5.97 Å². The molecule has 0 spiro atoms. The van der Waals surface area contributed by atoms with Gasteiger partial charge in [0.1, 0.15) is 6.61 Å². The molecule has 0 saturated heterocycles. The van der Waals surface area contributed by atoms with E-state index in [1.807, 2.05) is 0 Å². The third-order valence-electron chi connectivity index (χ3n) is 1.51. The van der Waals surface area contributed by atoms with Crippen LogP contribution in [0, 0.1) is 0 Å². The highest BCUT2D eigenvalue weighted by Crippen LogP contribution is 2.09. The summed E-state index contributed by atoms with van der Waals surface area (Å²) in [6.07, 6.45) is 3.09. The summed E-state index contributed by atoms with van der Waals surface area (Å²) < 4.78 is 9.71. The Hall–Kier alpha value is -1.84. The minimum atomic E-state index is -0.407. The third kappa shape index (κ3) is 2.58. The summed E-state index contributed by atoms with van der Waals surface area (Å²) in [6.45, 7) is 3.86. The molecule has 1 aromatic heterocycles. The fourth-order valence-corrected chi connectivity index (χ4v) is 0.877. The van der Waals surface area contributed by atoms with Crippen molar-refractivity contribution >= 4 is 5.97 Å². The second-order valence-electron chi connectivity index (χ2n) is 2.47. The molecule has 0 aromatic carbocycles. The molecule has 1 rings (SSSR count). The molecule has 0 aliphatic rings. The van der Waals surface area contributed by atoms with E-state index in [0.29, 0.717) is 18.1 Å². The topological polar surface area (TPSA) is 48.4 Å². The Bertz CT molecular complexity index is 336. The first-order valence-electron chi connectivity index (χ1n) is 4.06. The highest BCUT2D eigenvalue weighted by atomic mass is 16.5. The molecule has 0 aliphatic carbocycles. The molecule has 0 bridgehead atoms. The van der Waals surface area contributed by atoms with E-state index in [1.54, 1.807) is 12.1 Å². The summed E-state index contributed by atoms with van der Waals surface area (Å²) >= 11 is 0. The van der Waals surface area contributed by atoms with Gasteiger partial charge in [0.25, 0.3) is 0 Å². The van der Waals surface area contributed by atoms with E-state index in [2.05, 4.69) is 16.3 Å². The fraction of sp³-hybridized carbons (Fsp3) is 0.200. The normalized spacial score (nSPS) is 9.21. The number of methoxy groups -OCH3 is 1. The maximum atomic E-state index is 11.1. The zero-order valence-electron chi connectivity index (χ0n) is 7.90. The largest absolute Gasteiger partial charge is 0.473 e. The van der Waals surface area contributed by atoms with Crippen LogP contribution in [0.5, 0.6) is 5.88 Å². The van der Waals surface area contributed by atoms with Gasteiger partial charge in [0, 0.05) is 12.3 Å². The molecule has 0 atom stereocenters. The molecule has 1 aromatic rings. The van der Waals surface area contributed by atoms with Crippen LogP contribution >= 0.6 is 0 Å². The Kier molecular flexibility index (Phi) is 3.67. The number of pyridine rings is 1. The summed E-state index contributed by atoms with van der Waals surface area (Å²) in [4.78, 5) is 15.0. The lowest BCUT2D eigenvalue weighted by Gasteiger charge is -2.03. The number of nitrogens with zero attached hydrogens (tertiary/aromatic N) is 1. The van der Waals surface area contributed by atoms with Gasteiger partial charge in [-0.15, -0.1) is 0 Å². The zero-order chi connectivity index (χ0) is 10.4. The molecule has 4 nitrogen and oxygen atoms in total. The SMILES string of the molecule is C=CCOc1cc(C(=O)OC)ccn1. The van der Waals surface area contributed by atoms with Gasteiger partial charge in [-0.25, -0.2) is 9.78 Å². The van der Waals surface area contributed by atoms with Gasteiger partial charge < -0.3 is 9.47 Å². The number of rotatable bonds is 4. The van der Waals surface area contributed by atoms with Gasteiger partial charge in [-0.3, -0.25) is 0 Å². The van der Waals surface area contributed by atoms with E-state index in [4.69, 9.17) is 4.74 Å². The summed E-state index contributed by atoms with van der Waals surface area (Å²) in [7, 11) is 1.33. The van der Waals surface area contributed by atoms with E-state index in [0.717, 1.165) is 0 Å². The van der Waals surface area contributed by atoms with Crippen LogP contribution in [0.15, 0.2) is 31.0 Å². The molecule has 0 unspecified atom stereocenters. The maximum absolute atomic E-state index is 11.1. The predicted octanol–water partition coefficient (Wildman–Crippen LogP) is 1.43. The first-order chi connectivity index (χ1) is 6.77. The standard InChI is InChI=1S/C10H11NO3/c1-3-6-14-9-7-8(4-5-11-9)10(12)13-2/h3-5,7H,1,6H2,2H3. The van der Waals surface area contributed by atoms with E-state index in [1.165, 1.54) is 19.4 Å². The second kappa shape index (κ2) is 5.01. The Morgan fingerprint density at radius 2 is 2.50 bits per heavy atom. The minimum absolute atomic E-state index is 0.359. The number of carbonyl (C=O) groups is 1. The molecule has 0 radical (unpaired) electrons. The Labute approximate surface area is 82.2 Å². The summed E-state index contributed by atoms with van der Waals surface area (Å²) in [5, 5.41) is 0. The lowest BCUT2D eigenvalue weighted by molar-refractivity contribution is 0.0600. The number of esters is 1. The molecule has 0 aliphatic heterocycles. The van der Waals surface area contributed by atoms with Gasteiger partial charge in [-0.1, -0.05) is 12.7 Å². The van der Waals surface area contributed by atoms with Crippen LogP contribution in [0.2, 0.25) is 0 Å². The monoisotopic (exact) mass is 193 g/mol. The molecular weight excluding hydrogens is 182 g/mol. The quantitative estimate of drug-likeness (QED) is 0.536. The summed E-state index contributed by atoms with van der Waals surface area (Å²) in [6, 6.07) is 3.09. The first kappa shape index (κ1) is 10.2. The average Bonchev–Trinajstić information content (AvgIpc) is 2.25. The molecule has 4 heteroatoms. The molecule has 0 saturated carbocycles. The Morgan fingerprint density at radius 3 is 3.14 bits per heavy atom. The lowest BCUT2D eigenvalue weighted by Crippen LogP contribution is -2.03. The van der Waals surface area contributed by atoms with Crippen molar-refractivity contribution in [3.8, 4) is 5.88 Å². The second-order valence-corrected chi connectivity index (χ2v) is 2.47. The van der Waals surface area contributed by atoms with Crippen molar-refractivity contribution in [1.82, 2.24) is 4.98 Å². The van der Waals surface area contributed by atoms with Gasteiger partial charge in [0.15, 0.2) is 0 Å². The van der Waals surface area contributed by atoms with Crippen LogP contribution in [0.3, 0.4) is 0 Å². The fourth-order valence-electron chi connectivity index (χ4n) is 0.877. The van der Waals surface area contributed by atoms with Crippen LogP contribution < -0.4 is 4.74 Å². The highest BCUT2D eigenvalue weighted by Gasteiger charge is 2.06. The number of aromatic nitrogens is 1. The minimum Gasteiger partial charge on any atom is -0.473 e. The van der Waals surface area contributed by atoms with Crippen LogP contribution in [0.25, 0.3) is 0 Å². The van der Waals surface area contributed by atoms with Crippen LogP contribution in [0.4, 0.5) is 0 Å². The van der Waals surface area contributed by atoms with Crippen molar-refractivity contribution in [2.24, 2.45) is 0 Å². The van der Waals surface area contributed by atoms with E-state index >= 15 is 0 Å². The Morgan fingerprint density at radius 1 is 1.71 bits per heavy atom. The van der Waals surface area contributed by atoms with Gasteiger partial charge in [0.05, 0.1) is 12.7 Å². The van der Waals surface area contributed by atoms with E-state index in [9.17, 15) is 4.79 Å². The molecule has 0 fully saturated rings. The van der Waals surface area contributed by atoms with Crippen LogP contribution in [-0.2, 0) is 4.74 Å². The molecular formula is C10H11NO3. The van der Waals surface area contributed by atoms with E-state index in [-0.39, 0.29) is 0 Å². The van der Waals surface area contributed by atoms with Crippen molar-refractivity contribution in [3.63, 3.8) is 0 Å². The number of hydrogen-bond donors (Lipinski definition) is 0. The Balaban J connectivity index is 2.78. The predicted molar refractivity (Wildman–Crippen MR) is 51.3 cm³/mol. The van der Waals surface area contributed by atoms with Gasteiger partial charge in [-0.05, 0) is 6.07 Å². The van der Waals surface area contributed by atoms with Crippen molar-refractivity contribution in [2.75, 3.05) is 13.7 Å². The van der Waals surface area contributed by atoms with Crippen LogP contribution in [-0.4, -0.2) is 24.7 Å². The molecule has 14 heavy (non-hydrogen) atoms. The average molecular weight is 193 g/mol. The van der Waals surface area contributed by atoms with Crippen molar-refractivity contribution < 1.29 is 14.3 Å². The van der Waals surface area contributed by atoms with Crippen LogP contribution in [0.1, 0.15) is 10.4 Å². The zero-order valence-corrected chi connectivity index (χ0v) is 7.90. The van der Waals surface area contributed by atoms with Crippen molar-refractivity contribution in [1.29, 1.82) is 0 Å². The number of ether oxygens (including phenoxy) is 2.